The first-order valence-corrected chi connectivity index (χ1v) is 12.8. The normalized spacial score (nSPS) is 21.9. The van der Waals surface area contributed by atoms with Gasteiger partial charge < -0.3 is 9.63 Å². The number of ether oxygens (including phenoxy) is 1. The number of phosphoric ester groups is 1. The summed E-state index contributed by atoms with van der Waals surface area (Å²) in [5.41, 5.74) is 0. The number of carbonyl (C=O) groups is 1. The minimum atomic E-state index is -3.90. The molecule has 7 heteroatoms. The van der Waals surface area contributed by atoms with Gasteiger partial charge in [-0.05, 0) is 6.42 Å². The Bertz CT molecular complexity index is 443. The van der Waals surface area contributed by atoms with Crippen LogP contribution in [-0.2, 0) is 23.1 Å². The van der Waals surface area contributed by atoms with E-state index in [-0.39, 0.29) is 19.2 Å². The molecule has 28 heavy (non-hydrogen) atoms. The molecule has 1 saturated heterocycles. The molecule has 1 aliphatic heterocycles. The zero-order valence-electron chi connectivity index (χ0n) is 17.7. The van der Waals surface area contributed by atoms with Gasteiger partial charge in [-0.15, -0.1) is 0 Å². The van der Waals surface area contributed by atoms with Crippen LogP contribution < -0.4 is 0 Å². The van der Waals surface area contributed by atoms with E-state index in [0.717, 1.165) is 19.3 Å². The van der Waals surface area contributed by atoms with Crippen molar-refractivity contribution in [2.24, 2.45) is 0 Å². The lowest BCUT2D eigenvalue weighted by Crippen LogP contribution is -2.20. The highest BCUT2D eigenvalue weighted by molar-refractivity contribution is 7.47. The van der Waals surface area contributed by atoms with E-state index < -0.39 is 13.9 Å². The smallest absolute Gasteiger partial charge is 0.463 e. The predicted molar refractivity (Wildman–Crippen MR) is 111 cm³/mol. The van der Waals surface area contributed by atoms with Crippen LogP contribution in [0.5, 0.6) is 0 Å². The van der Waals surface area contributed by atoms with E-state index in [0.29, 0.717) is 6.42 Å². The summed E-state index contributed by atoms with van der Waals surface area (Å²) in [5, 5.41) is 0. The minimum Gasteiger partial charge on any atom is -0.463 e. The van der Waals surface area contributed by atoms with Crippen LogP contribution in [0.4, 0.5) is 0 Å². The van der Waals surface area contributed by atoms with E-state index in [2.05, 4.69) is 11.4 Å². The minimum absolute atomic E-state index is 0.0139. The summed E-state index contributed by atoms with van der Waals surface area (Å²) < 4.78 is 25.4. The monoisotopic (exact) mass is 420 g/mol. The average Bonchev–Trinajstić information content (AvgIpc) is 3.02. The fraction of sp³-hybridized carbons (Fsp3) is 0.952. The summed E-state index contributed by atoms with van der Waals surface area (Å²) >= 11 is 0. The lowest BCUT2D eigenvalue weighted by molar-refractivity contribution is -0.146. The second-order valence-corrected chi connectivity index (χ2v) is 9.28. The average molecular weight is 421 g/mol. The largest absolute Gasteiger partial charge is 0.472 e. The predicted octanol–water partition coefficient (Wildman–Crippen LogP) is 6.31. The molecule has 1 aliphatic rings. The van der Waals surface area contributed by atoms with Crippen molar-refractivity contribution in [2.75, 3.05) is 13.2 Å². The van der Waals surface area contributed by atoms with Crippen LogP contribution in [0, 0.1) is 0 Å². The highest BCUT2D eigenvalue weighted by Gasteiger charge is 2.35. The molecule has 0 aromatic rings. The summed E-state index contributed by atoms with van der Waals surface area (Å²) in [7, 11) is -3.90. The van der Waals surface area contributed by atoms with Gasteiger partial charge in [-0.2, -0.15) is 0 Å². The summed E-state index contributed by atoms with van der Waals surface area (Å²) in [6.45, 7) is 2.22. The summed E-state index contributed by atoms with van der Waals surface area (Å²) in [4.78, 5) is 20.7. The van der Waals surface area contributed by atoms with Crippen LogP contribution >= 0.6 is 7.82 Å². The Morgan fingerprint density at radius 2 is 1.36 bits per heavy atom. The second kappa shape index (κ2) is 16.4. The van der Waals surface area contributed by atoms with E-state index in [1.165, 1.54) is 77.0 Å². The van der Waals surface area contributed by atoms with E-state index >= 15 is 0 Å². The van der Waals surface area contributed by atoms with Crippen molar-refractivity contribution in [3.8, 4) is 0 Å². The maximum atomic E-state index is 11.6. The Labute approximate surface area is 171 Å². The van der Waals surface area contributed by atoms with Crippen LogP contribution in [0.15, 0.2) is 0 Å². The van der Waals surface area contributed by atoms with Gasteiger partial charge in [-0.1, -0.05) is 96.8 Å². The highest BCUT2D eigenvalue weighted by Crippen LogP contribution is 2.49. The highest BCUT2D eigenvalue weighted by atomic mass is 31.2. The van der Waals surface area contributed by atoms with Crippen LogP contribution in [0.1, 0.15) is 110 Å². The van der Waals surface area contributed by atoms with Crippen molar-refractivity contribution in [3.63, 3.8) is 0 Å². The van der Waals surface area contributed by atoms with Crippen LogP contribution in [0.2, 0.25) is 0 Å². The lowest BCUT2D eigenvalue weighted by atomic mass is 10.0. The molecule has 1 rings (SSSR count). The first kappa shape index (κ1) is 25.6. The molecule has 0 radical (unpaired) electrons. The molecule has 1 fully saturated rings. The fourth-order valence-corrected chi connectivity index (χ4v) is 4.32. The second-order valence-electron chi connectivity index (χ2n) is 7.87. The van der Waals surface area contributed by atoms with Gasteiger partial charge in [0.15, 0.2) is 0 Å². The quantitative estimate of drug-likeness (QED) is 0.159. The number of hydrogen-bond acceptors (Lipinski definition) is 5. The van der Waals surface area contributed by atoms with Crippen molar-refractivity contribution in [2.45, 2.75) is 116 Å². The van der Waals surface area contributed by atoms with E-state index in [1.807, 2.05) is 0 Å². The van der Waals surface area contributed by atoms with Gasteiger partial charge in [-0.3, -0.25) is 13.8 Å². The molecule has 2 atom stereocenters. The molecule has 1 N–H and O–H groups in total. The molecule has 1 unspecified atom stereocenters. The number of esters is 1. The van der Waals surface area contributed by atoms with Crippen LogP contribution in [0.3, 0.4) is 0 Å². The topological polar surface area (TPSA) is 82.1 Å². The standard InChI is InChI=1S/C21H41O6P/c1-2-3-4-5-6-7-8-9-10-11-12-13-14-15-16-17-21(22)25-18-20-19-26-28(23,24)27-20/h20H,2-19H2,1H3,(H,23,24)/t20-/m1/s1. The Morgan fingerprint density at radius 3 is 1.79 bits per heavy atom. The summed E-state index contributed by atoms with van der Waals surface area (Å²) in [6, 6.07) is 0. The Kier molecular flexibility index (Phi) is 15.0. The summed E-state index contributed by atoms with van der Waals surface area (Å²) in [5.74, 6) is -0.280. The van der Waals surface area contributed by atoms with Crippen molar-refractivity contribution in [1.29, 1.82) is 0 Å². The number of phosphoric acid groups is 1. The zero-order chi connectivity index (χ0) is 20.5. The molecule has 0 amide bonds. The number of rotatable bonds is 18. The van der Waals surface area contributed by atoms with E-state index in [1.54, 1.807) is 0 Å². The molecular formula is C21H41O6P. The van der Waals surface area contributed by atoms with Crippen molar-refractivity contribution in [1.82, 2.24) is 0 Å². The molecular weight excluding hydrogens is 379 g/mol. The van der Waals surface area contributed by atoms with Crippen molar-refractivity contribution in [3.05, 3.63) is 0 Å². The molecule has 0 aromatic carbocycles. The third-order valence-electron chi connectivity index (χ3n) is 5.12. The maximum Gasteiger partial charge on any atom is 0.472 e. The Morgan fingerprint density at radius 1 is 0.893 bits per heavy atom. The van der Waals surface area contributed by atoms with Crippen LogP contribution in [-0.4, -0.2) is 30.2 Å². The van der Waals surface area contributed by atoms with E-state index in [4.69, 9.17) is 14.2 Å². The van der Waals surface area contributed by atoms with Crippen LogP contribution in [0.25, 0.3) is 0 Å². The van der Waals surface area contributed by atoms with Gasteiger partial charge >= 0.3 is 13.8 Å². The van der Waals surface area contributed by atoms with Gasteiger partial charge in [0, 0.05) is 6.42 Å². The Hall–Kier alpha value is -0.420. The van der Waals surface area contributed by atoms with Gasteiger partial charge in [0.1, 0.15) is 12.7 Å². The zero-order valence-corrected chi connectivity index (χ0v) is 18.6. The third kappa shape index (κ3) is 14.6. The van der Waals surface area contributed by atoms with Gasteiger partial charge in [0.05, 0.1) is 6.61 Å². The molecule has 0 aromatic heterocycles. The Balaban J connectivity index is 1.77. The molecule has 6 nitrogen and oxygen atoms in total. The van der Waals surface area contributed by atoms with Gasteiger partial charge in [0.25, 0.3) is 0 Å². The molecule has 1 heterocycles. The third-order valence-corrected chi connectivity index (χ3v) is 6.16. The molecule has 0 saturated carbocycles. The summed E-state index contributed by atoms with van der Waals surface area (Å²) in [6.07, 6.45) is 19.1. The van der Waals surface area contributed by atoms with Gasteiger partial charge in [0.2, 0.25) is 0 Å². The molecule has 0 bridgehead atoms. The molecule has 0 aliphatic carbocycles. The fourth-order valence-electron chi connectivity index (χ4n) is 3.40. The van der Waals surface area contributed by atoms with E-state index in [9.17, 15) is 9.36 Å². The molecule has 0 spiro atoms. The first-order valence-electron chi connectivity index (χ1n) is 11.3. The lowest BCUT2D eigenvalue weighted by Gasteiger charge is -2.08. The van der Waals surface area contributed by atoms with Crippen molar-refractivity contribution < 1.29 is 28.0 Å². The maximum absolute atomic E-state index is 11.6. The molecule has 166 valence electrons. The van der Waals surface area contributed by atoms with Gasteiger partial charge in [-0.25, -0.2) is 4.57 Å². The van der Waals surface area contributed by atoms with Crippen molar-refractivity contribution >= 4 is 13.8 Å². The SMILES string of the molecule is CCCCCCCCCCCCCCCCCC(=O)OC[C@@H]1COP(=O)(O)O1. The number of hydrogen-bond donors (Lipinski definition) is 1. The number of carbonyl (C=O) groups excluding carboxylic acids is 1. The number of unbranched alkanes of at least 4 members (excludes halogenated alkanes) is 14. The first-order chi connectivity index (χ1) is 13.5.